The van der Waals surface area contributed by atoms with E-state index in [4.69, 9.17) is 4.74 Å². The predicted octanol–water partition coefficient (Wildman–Crippen LogP) is 3.15. The number of benzene rings is 1. The minimum absolute atomic E-state index is 0.345. The number of ether oxygens (including phenoxy) is 1. The molecule has 1 atom stereocenters. The molecule has 0 saturated heterocycles. The van der Waals surface area contributed by atoms with Crippen LogP contribution in [0.5, 0.6) is 5.75 Å². The first-order valence-corrected chi connectivity index (χ1v) is 8.31. The Morgan fingerprint density at radius 1 is 1.19 bits per heavy atom. The largest absolute Gasteiger partial charge is 0.491 e. The smallest absolute Gasteiger partial charge is 0.119 e. The fourth-order valence-corrected chi connectivity index (χ4v) is 3.15. The van der Waals surface area contributed by atoms with Crippen molar-refractivity contribution in [3.63, 3.8) is 0 Å². The maximum atomic E-state index is 10.2. The Hall–Kier alpha value is -1.36. The van der Waals surface area contributed by atoms with Gasteiger partial charge in [-0.1, -0.05) is 24.3 Å². The number of aliphatic hydroxyl groups is 1. The van der Waals surface area contributed by atoms with Crippen molar-refractivity contribution in [1.29, 1.82) is 0 Å². The van der Waals surface area contributed by atoms with Gasteiger partial charge in [-0.3, -0.25) is 4.90 Å². The first kappa shape index (κ1) is 14.6. The topological polar surface area (TPSA) is 32.7 Å². The summed E-state index contributed by atoms with van der Waals surface area (Å²) in [6.45, 7) is 1.96. The summed E-state index contributed by atoms with van der Waals surface area (Å²) >= 11 is 1.78. The predicted molar refractivity (Wildman–Crippen MR) is 85.7 cm³/mol. The molecule has 0 bridgehead atoms. The molecular weight excluding hydrogens is 282 g/mol. The zero-order valence-corrected chi connectivity index (χ0v) is 12.8. The summed E-state index contributed by atoms with van der Waals surface area (Å²) in [7, 11) is 0. The molecule has 1 unspecified atom stereocenters. The summed E-state index contributed by atoms with van der Waals surface area (Å²) in [5.41, 5.74) is 0. The van der Waals surface area contributed by atoms with Gasteiger partial charge in [0.15, 0.2) is 0 Å². The van der Waals surface area contributed by atoms with E-state index in [0.29, 0.717) is 19.2 Å². The molecular formula is C17H21NO2S. The zero-order chi connectivity index (χ0) is 14.5. The van der Waals surface area contributed by atoms with Crippen LogP contribution in [0, 0.1) is 0 Å². The average Bonchev–Trinajstić information content (AvgIpc) is 3.24. The quantitative estimate of drug-likeness (QED) is 0.813. The zero-order valence-electron chi connectivity index (χ0n) is 12.0. The molecule has 0 amide bonds. The lowest BCUT2D eigenvalue weighted by Gasteiger charge is -2.24. The Kier molecular flexibility index (Phi) is 4.91. The minimum atomic E-state index is -0.453. The van der Waals surface area contributed by atoms with Crippen LogP contribution in [-0.2, 0) is 6.54 Å². The number of hydrogen-bond donors (Lipinski definition) is 1. The van der Waals surface area contributed by atoms with Gasteiger partial charge in [-0.05, 0) is 36.4 Å². The molecule has 1 aromatic heterocycles. The molecule has 112 valence electrons. The Balaban J connectivity index is 1.48. The van der Waals surface area contributed by atoms with E-state index in [2.05, 4.69) is 22.4 Å². The highest BCUT2D eigenvalue weighted by Gasteiger charge is 2.30. The van der Waals surface area contributed by atoms with Crippen LogP contribution in [0.3, 0.4) is 0 Å². The maximum Gasteiger partial charge on any atom is 0.119 e. The van der Waals surface area contributed by atoms with Gasteiger partial charge in [0.25, 0.3) is 0 Å². The second-order valence-electron chi connectivity index (χ2n) is 5.52. The molecule has 0 spiro atoms. The average molecular weight is 303 g/mol. The van der Waals surface area contributed by atoms with E-state index in [1.807, 2.05) is 30.3 Å². The number of para-hydroxylation sites is 1. The number of aliphatic hydroxyl groups excluding tert-OH is 1. The molecule has 1 saturated carbocycles. The van der Waals surface area contributed by atoms with Crippen molar-refractivity contribution < 1.29 is 9.84 Å². The van der Waals surface area contributed by atoms with E-state index in [1.54, 1.807) is 11.3 Å². The molecule has 2 aromatic rings. The number of hydrogen-bond acceptors (Lipinski definition) is 4. The van der Waals surface area contributed by atoms with E-state index in [9.17, 15) is 5.11 Å². The highest BCUT2D eigenvalue weighted by atomic mass is 32.1. The van der Waals surface area contributed by atoms with Crippen molar-refractivity contribution >= 4 is 11.3 Å². The van der Waals surface area contributed by atoms with Crippen LogP contribution in [0.2, 0.25) is 0 Å². The summed E-state index contributed by atoms with van der Waals surface area (Å²) in [4.78, 5) is 3.74. The van der Waals surface area contributed by atoms with Gasteiger partial charge >= 0.3 is 0 Å². The monoisotopic (exact) mass is 303 g/mol. The molecule has 1 heterocycles. The summed E-state index contributed by atoms with van der Waals surface area (Å²) < 4.78 is 5.63. The molecule has 0 radical (unpaired) electrons. The SMILES string of the molecule is OC(COc1ccccc1)CN(Cc1cccs1)C1CC1. The van der Waals surface area contributed by atoms with Crippen LogP contribution in [0.15, 0.2) is 47.8 Å². The van der Waals surface area contributed by atoms with Crippen LogP contribution in [-0.4, -0.2) is 35.3 Å². The van der Waals surface area contributed by atoms with Gasteiger partial charge in [-0.25, -0.2) is 0 Å². The van der Waals surface area contributed by atoms with Crippen molar-refractivity contribution in [3.05, 3.63) is 52.7 Å². The molecule has 1 aromatic carbocycles. The maximum absolute atomic E-state index is 10.2. The van der Waals surface area contributed by atoms with Gasteiger partial charge in [0.1, 0.15) is 18.5 Å². The Morgan fingerprint density at radius 3 is 2.67 bits per heavy atom. The van der Waals surface area contributed by atoms with Gasteiger partial charge in [0.2, 0.25) is 0 Å². The fourth-order valence-electron chi connectivity index (χ4n) is 2.42. The second-order valence-corrected chi connectivity index (χ2v) is 6.55. The van der Waals surface area contributed by atoms with Crippen molar-refractivity contribution in [1.82, 2.24) is 4.90 Å². The normalized spacial score (nSPS) is 16.1. The molecule has 3 nitrogen and oxygen atoms in total. The summed E-state index contributed by atoms with van der Waals surface area (Å²) in [6.07, 6.45) is 2.04. The van der Waals surface area contributed by atoms with Gasteiger partial charge in [-0.15, -0.1) is 11.3 Å². The minimum Gasteiger partial charge on any atom is -0.491 e. The van der Waals surface area contributed by atoms with Gasteiger partial charge in [0.05, 0.1) is 0 Å². The number of rotatable bonds is 8. The third kappa shape index (κ3) is 4.56. The summed E-state index contributed by atoms with van der Waals surface area (Å²) in [5.74, 6) is 0.813. The molecule has 1 fully saturated rings. The van der Waals surface area contributed by atoms with E-state index < -0.39 is 6.10 Å². The van der Waals surface area contributed by atoms with Crippen LogP contribution in [0.1, 0.15) is 17.7 Å². The van der Waals surface area contributed by atoms with Crippen molar-refractivity contribution in [2.45, 2.75) is 31.5 Å². The molecule has 1 N–H and O–H groups in total. The molecule has 0 aliphatic heterocycles. The third-order valence-corrected chi connectivity index (χ3v) is 4.49. The molecule has 1 aliphatic rings. The van der Waals surface area contributed by atoms with Gasteiger partial charge in [-0.2, -0.15) is 0 Å². The molecule has 1 aliphatic carbocycles. The second kappa shape index (κ2) is 7.07. The van der Waals surface area contributed by atoms with Crippen LogP contribution >= 0.6 is 11.3 Å². The number of thiophene rings is 1. The summed E-state index contributed by atoms with van der Waals surface area (Å²) in [5, 5.41) is 12.3. The van der Waals surface area contributed by atoms with Crippen LogP contribution in [0.4, 0.5) is 0 Å². The van der Waals surface area contributed by atoms with E-state index in [0.717, 1.165) is 12.3 Å². The Labute approximate surface area is 129 Å². The lowest BCUT2D eigenvalue weighted by Crippen LogP contribution is -2.36. The molecule has 4 heteroatoms. The highest BCUT2D eigenvalue weighted by Crippen LogP contribution is 2.29. The van der Waals surface area contributed by atoms with Crippen molar-refractivity contribution in [3.8, 4) is 5.75 Å². The first-order valence-electron chi connectivity index (χ1n) is 7.43. The fraction of sp³-hybridized carbons (Fsp3) is 0.412. The third-order valence-electron chi connectivity index (χ3n) is 3.63. The Bertz CT molecular complexity index is 525. The van der Waals surface area contributed by atoms with Crippen molar-refractivity contribution in [2.24, 2.45) is 0 Å². The Morgan fingerprint density at radius 2 is 2.00 bits per heavy atom. The lowest BCUT2D eigenvalue weighted by atomic mass is 10.3. The standard InChI is InChI=1S/C17H21NO2S/c19-15(13-20-16-5-2-1-3-6-16)11-18(14-8-9-14)12-17-7-4-10-21-17/h1-7,10,14-15,19H,8-9,11-13H2. The van der Waals surface area contributed by atoms with Gasteiger partial charge in [0, 0.05) is 24.0 Å². The van der Waals surface area contributed by atoms with Crippen LogP contribution < -0.4 is 4.74 Å². The van der Waals surface area contributed by atoms with E-state index in [1.165, 1.54) is 17.7 Å². The van der Waals surface area contributed by atoms with Gasteiger partial charge < -0.3 is 9.84 Å². The number of nitrogens with zero attached hydrogens (tertiary/aromatic N) is 1. The summed E-state index contributed by atoms with van der Waals surface area (Å²) in [6, 6.07) is 14.5. The van der Waals surface area contributed by atoms with Crippen molar-refractivity contribution in [2.75, 3.05) is 13.2 Å². The van der Waals surface area contributed by atoms with E-state index in [-0.39, 0.29) is 0 Å². The van der Waals surface area contributed by atoms with Crippen LogP contribution in [0.25, 0.3) is 0 Å². The molecule has 3 rings (SSSR count). The lowest BCUT2D eigenvalue weighted by molar-refractivity contribution is 0.0630. The van der Waals surface area contributed by atoms with E-state index >= 15 is 0 Å². The first-order chi connectivity index (χ1) is 10.3. The highest BCUT2D eigenvalue weighted by molar-refractivity contribution is 7.09. The molecule has 21 heavy (non-hydrogen) atoms.